The molecular formula is C16H25NO3. The number of hydrogen-bond acceptors (Lipinski definition) is 4. The zero-order valence-corrected chi connectivity index (χ0v) is 12.9. The van der Waals surface area contributed by atoms with Gasteiger partial charge in [0.1, 0.15) is 11.5 Å². The smallest absolute Gasteiger partial charge is 0.128 e. The Labute approximate surface area is 121 Å². The molecule has 0 amide bonds. The number of ether oxygens (including phenoxy) is 2. The van der Waals surface area contributed by atoms with E-state index in [9.17, 15) is 5.11 Å². The van der Waals surface area contributed by atoms with Crippen LogP contribution in [0.5, 0.6) is 11.5 Å². The normalized spacial score (nSPS) is 18.8. The zero-order valence-electron chi connectivity index (χ0n) is 12.9. The van der Waals surface area contributed by atoms with Crippen LogP contribution in [0.25, 0.3) is 0 Å². The fourth-order valence-electron chi connectivity index (χ4n) is 3.20. The molecule has 0 radical (unpaired) electrons. The molecule has 0 aromatic heterocycles. The second-order valence-electron chi connectivity index (χ2n) is 5.22. The van der Waals surface area contributed by atoms with Crippen LogP contribution in [0.4, 0.5) is 0 Å². The van der Waals surface area contributed by atoms with Gasteiger partial charge in [-0.3, -0.25) is 4.90 Å². The summed E-state index contributed by atoms with van der Waals surface area (Å²) in [6, 6.07) is 2.43. The van der Waals surface area contributed by atoms with Gasteiger partial charge in [0.25, 0.3) is 0 Å². The summed E-state index contributed by atoms with van der Waals surface area (Å²) >= 11 is 0. The topological polar surface area (TPSA) is 41.9 Å². The summed E-state index contributed by atoms with van der Waals surface area (Å²) in [6.07, 6.45) is 2.06. The molecule has 0 saturated heterocycles. The van der Waals surface area contributed by atoms with Gasteiger partial charge in [-0.25, -0.2) is 0 Å². The number of likely N-dealkylation sites (N-methyl/N-ethyl adjacent to an activating group) is 1. The largest absolute Gasteiger partial charge is 0.496 e. The molecule has 0 bridgehead atoms. The highest BCUT2D eigenvalue weighted by molar-refractivity contribution is 5.55. The second kappa shape index (κ2) is 6.46. The number of benzene rings is 1. The first kappa shape index (κ1) is 15.1. The van der Waals surface area contributed by atoms with Crippen LogP contribution in [-0.4, -0.2) is 36.8 Å². The highest BCUT2D eigenvalue weighted by Crippen LogP contribution is 2.40. The van der Waals surface area contributed by atoms with E-state index in [-0.39, 0.29) is 6.61 Å². The molecule has 0 aliphatic carbocycles. The molecule has 112 valence electrons. The van der Waals surface area contributed by atoms with Crippen LogP contribution in [0, 0.1) is 0 Å². The molecule has 1 unspecified atom stereocenters. The van der Waals surface area contributed by atoms with Crippen molar-refractivity contribution in [2.75, 3.05) is 20.8 Å². The van der Waals surface area contributed by atoms with Gasteiger partial charge in [0.05, 0.1) is 20.8 Å². The number of fused-ring (bicyclic) bond motifs is 1. The predicted molar refractivity (Wildman–Crippen MR) is 79.3 cm³/mol. The summed E-state index contributed by atoms with van der Waals surface area (Å²) in [7, 11) is 3.36. The molecule has 1 aromatic carbocycles. The van der Waals surface area contributed by atoms with Crippen molar-refractivity contribution in [3.8, 4) is 11.5 Å². The van der Waals surface area contributed by atoms with Crippen molar-refractivity contribution in [2.45, 2.75) is 45.9 Å². The van der Waals surface area contributed by atoms with Crippen molar-refractivity contribution in [3.63, 3.8) is 0 Å². The third-order valence-corrected chi connectivity index (χ3v) is 4.32. The summed E-state index contributed by atoms with van der Waals surface area (Å²) < 4.78 is 11.1. The minimum Gasteiger partial charge on any atom is -0.496 e. The van der Waals surface area contributed by atoms with E-state index in [1.807, 2.05) is 6.07 Å². The third-order valence-electron chi connectivity index (χ3n) is 4.32. The molecule has 1 aliphatic heterocycles. The van der Waals surface area contributed by atoms with Gasteiger partial charge in [-0.2, -0.15) is 0 Å². The Morgan fingerprint density at radius 1 is 1.25 bits per heavy atom. The summed E-state index contributed by atoms with van der Waals surface area (Å²) in [6.45, 7) is 6.30. The number of rotatable bonds is 5. The van der Waals surface area contributed by atoms with Crippen LogP contribution in [0.2, 0.25) is 0 Å². The van der Waals surface area contributed by atoms with Crippen LogP contribution in [-0.2, 0) is 19.6 Å². The molecule has 4 nitrogen and oxygen atoms in total. The lowest BCUT2D eigenvalue weighted by Gasteiger charge is -2.37. The van der Waals surface area contributed by atoms with Crippen molar-refractivity contribution in [1.82, 2.24) is 4.90 Å². The summed E-state index contributed by atoms with van der Waals surface area (Å²) in [5.74, 6) is 1.69. The Morgan fingerprint density at radius 2 is 2.00 bits per heavy atom. The number of methoxy groups -OCH3 is 2. The fraction of sp³-hybridized carbons (Fsp3) is 0.625. The average Bonchev–Trinajstić information content (AvgIpc) is 2.51. The van der Waals surface area contributed by atoms with E-state index >= 15 is 0 Å². The van der Waals surface area contributed by atoms with Crippen LogP contribution < -0.4 is 9.47 Å². The minimum absolute atomic E-state index is 0.0267. The first-order chi connectivity index (χ1) is 9.69. The number of hydrogen-bond donors (Lipinski definition) is 1. The first-order valence-electron chi connectivity index (χ1n) is 7.30. The molecule has 0 saturated carbocycles. The van der Waals surface area contributed by atoms with Crippen molar-refractivity contribution in [3.05, 3.63) is 22.8 Å². The maximum absolute atomic E-state index is 9.55. The molecule has 1 N–H and O–H groups in total. The molecule has 1 aliphatic rings. The highest BCUT2D eigenvalue weighted by Gasteiger charge is 2.29. The number of aliphatic hydroxyl groups is 1. The van der Waals surface area contributed by atoms with Crippen LogP contribution in [0.1, 0.15) is 37.0 Å². The molecular weight excluding hydrogens is 254 g/mol. The highest BCUT2D eigenvalue weighted by atomic mass is 16.5. The van der Waals surface area contributed by atoms with Gasteiger partial charge in [-0.1, -0.05) is 13.8 Å². The van der Waals surface area contributed by atoms with Gasteiger partial charge in [0, 0.05) is 29.3 Å². The fourth-order valence-corrected chi connectivity index (χ4v) is 3.20. The van der Waals surface area contributed by atoms with Crippen LogP contribution >= 0.6 is 0 Å². The summed E-state index contributed by atoms with van der Waals surface area (Å²) in [4.78, 5) is 2.48. The quantitative estimate of drug-likeness (QED) is 0.898. The third kappa shape index (κ3) is 2.50. The second-order valence-corrected chi connectivity index (χ2v) is 5.22. The van der Waals surface area contributed by atoms with E-state index in [4.69, 9.17) is 9.47 Å². The maximum atomic E-state index is 9.55. The van der Waals surface area contributed by atoms with Gasteiger partial charge in [-0.05, 0) is 25.5 Å². The monoisotopic (exact) mass is 279 g/mol. The lowest BCUT2D eigenvalue weighted by Crippen LogP contribution is -2.40. The van der Waals surface area contributed by atoms with E-state index in [0.29, 0.717) is 6.04 Å². The Balaban J connectivity index is 2.55. The lowest BCUT2D eigenvalue weighted by molar-refractivity contribution is 0.170. The van der Waals surface area contributed by atoms with Crippen molar-refractivity contribution in [1.29, 1.82) is 0 Å². The molecule has 0 fully saturated rings. The van der Waals surface area contributed by atoms with Crippen LogP contribution in [0.15, 0.2) is 6.07 Å². The Morgan fingerprint density at radius 3 is 2.50 bits per heavy atom. The van der Waals surface area contributed by atoms with E-state index in [2.05, 4.69) is 18.7 Å². The summed E-state index contributed by atoms with van der Waals surface area (Å²) in [5.41, 5.74) is 3.21. The number of aliphatic hydroxyl groups excluding tert-OH is 1. The standard InChI is InChI=1S/C16H25NO3/c1-5-12-8-13-14(9-17(12)6-2)15(19-3)7-11(10-18)16(13)20-4/h7,12,18H,5-6,8-10H2,1-4H3. The van der Waals surface area contributed by atoms with Gasteiger partial charge < -0.3 is 14.6 Å². The average molecular weight is 279 g/mol. The van der Waals surface area contributed by atoms with Crippen molar-refractivity contribution >= 4 is 0 Å². The van der Waals surface area contributed by atoms with Gasteiger partial charge in [0.2, 0.25) is 0 Å². The van der Waals surface area contributed by atoms with Gasteiger partial charge in [-0.15, -0.1) is 0 Å². The molecule has 1 heterocycles. The summed E-state index contributed by atoms with van der Waals surface area (Å²) in [5, 5.41) is 9.55. The minimum atomic E-state index is -0.0267. The van der Waals surface area contributed by atoms with E-state index in [0.717, 1.165) is 43.0 Å². The van der Waals surface area contributed by atoms with E-state index in [1.165, 1.54) is 11.1 Å². The molecule has 4 heteroatoms. The maximum Gasteiger partial charge on any atom is 0.128 e. The SMILES string of the molecule is CCC1Cc2c(c(OC)cc(CO)c2OC)CN1CC. The molecule has 20 heavy (non-hydrogen) atoms. The van der Waals surface area contributed by atoms with Crippen molar-refractivity contribution < 1.29 is 14.6 Å². The first-order valence-corrected chi connectivity index (χ1v) is 7.30. The van der Waals surface area contributed by atoms with Crippen LogP contribution in [0.3, 0.4) is 0 Å². The lowest BCUT2D eigenvalue weighted by atomic mass is 9.89. The zero-order chi connectivity index (χ0) is 14.7. The Bertz CT molecular complexity index is 473. The molecule has 1 atom stereocenters. The molecule has 2 rings (SSSR count). The van der Waals surface area contributed by atoms with Crippen molar-refractivity contribution in [2.24, 2.45) is 0 Å². The Kier molecular flexibility index (Phi) is 4.89. The Hall–Kier alpha value is -1.26. The van der Waals surface area contributed by atoms with Gasteiger partial charge >= 0.3 is 0 Å². The molecule has 0 spiro atoms. The number of nitrogens with zero attached hydrogens (tertiary/aromatic N) is 1. The van der Waals surface area contributed by atoms with E-state index in [1.54, 1.807) is 14.2 Å². The predicted octanol–water partition coefficient (Wildman–Crippen LogP) is 2.35. The molecule has 1 aromatic rings. The van der Waals surface area contributed by atoms with E-state index < -0.39 is 0 Å². The van der Waals surface area contributed by atoms with Gasteiger partial charge in [0.15, 0.2) is 0 Å².